The van der Waals surface area contributed by atoms with Gasteiger partial charge in [-0.15, -0.1) is 11.3 Å². The Kier molecular flexibility index (Phi) is 6.27. The molecular weight excluding hydrogens is 294 g/mol. The lowest BCUT2D eigenvalue weighted by molar-refractivity contribution is 0.224. The van der Waals surface area contributed by atoms with Gasteiger partial charge in [0.05, 0.1) is 13.1 Å². The highest BCUT2D eigenvalue weighted by atomic mass is 32.1. The minimum absolute atomic E-state index is 0.0583. The molecule has 5 heteroatoms. The van der Waals surface area contributed by atoms with Crippen molar-refractivity contribution in [2.24, 2.45) is 4.99 Å². The Balaban J connectivity index is 1.73. The first-order valence-corrected chi connectivity index (χ1v) is 8.25. The van der Waals surface area contributed by atoms with Crippen LogP contribution < -0.4 is 15.4 Å². The Bertz CT molecular complexity index is 578. The lowest BCUT2D eigenvalue weighted by Gasteiger charge is -2.17. The number of rotatable bonds is 6. The van der Waals surface area contributed by atoms with E-state index in [1.807, 2.05) is 19.1 Å². The second-order valence-electron chi connectivity index (χ2n) is 5.13. The number of aliphatic imine (C=N–C) groups is 1. The minimum atomic E-state index is 0.0583. The summed E-state index contributed by atoms with van der Waals surface area (Å²) < 4.78 is 5.87. The standard InChI is InChI=1S/C17H23N3OS/c1-13-6-8-15(9-7-13)21-14(2)11-19-17(18-3)20-12-16-5-4-10-22-16/h4-10,14H,11-12H2,1-3H3,(H2,18,19,20). The lowest BCUT2D eigenvalue weighted by atomic mass is 10.2. The van der Waals surface area contributed by atoms with E-state index in [-0.39, 0.29) is 6.10 Å². The third kappa shape index (κ3) is 5.41. The number of guanidine groups is 1. The van der Waals surface area contributed by atoms with E-state index < -0.39 is 0 Å². The molecule has 0 saturated heterocycles. The normalized spacial score (nSPS) is 12.8. The predicted octanol–water partition coefficient (Wildman–Crippen LogP) is 3.19. The van der Waals surface area contributed by atoms with Gasteiger partial charge in [0, 0.05) is 11.9 Å². The minimum Gasteiger partial charge on any atom is -0.489 e. The maximum Gasteiger partial charge on any atom is 0.191 e. The molecule has 2 aromatic rings. The number of hydrogen-bond donors (Lipinski definition) is 2. The summed E-state index contributed by atoms with van der Waals surface area (Å²) in [5, 5.41) is 8.65. The molecule has 0 aliphatic carbocycles. The Hall–Kier alpha value is -2.01. The summed E-state index contributed by atoms with van der Waals surface area (Å²) >= 11 is 1.73. The summed E-state index contributed by atoms with van der Waals surface area (Å²) in [6.07, 6.45) is 0.0583. The van der Waals surface area contributed by atoms with Gasteiger partial charge in [0.1, 0.15) is 11.9 Å². The highest BCUT2D eigenvalue weighted by Crippen LogP contribution is 2.13. The van der Waals surface area contributed by atoms with Crippen LogP contribution in [0.1, 0.15) is 17.4 Å². The van der Waals surface area contributed by atoms with Crippen molar-refractivity contribution in [2.45, 2.75) is 26.5 Å². The predicted molar refractivity (Wildman–Crippen MR) is 93.8 cm³/mol. The Morgan fingerprint density at radius 3 is 2.64 bits per heavy atom. The van der Waals surface area contributed by atoms with Crippen LogP contribution in [0.15, 0.2) is 46.8 Å². The summed E-state index contributed by atoms with van der Waals surface area (Å²) in [6.45, 7) is 5.58. The van der Waals surface area contributed by atoms with Crippen molar-refractivity contribution in [2.75, 3.05) is 13.6 Å². The highest BCUT2D eigenvalue weighted by molar-refractivity contribution is 7.09. The highest BCUT2D eigenvalue weighted by Gasteiger charge is 2.06. The van der Waals surface area contributed by atoms with E-state index in [1.54, 1.807) is 18.4 Å². The fraction of sp³-hybridized carbons (Fsp3) is 0.353. The smallest absolute Gasteiger partial charge is 0.191 e. The van der Waals surface area contributed by atoms with Crippen LogP contribution in [0.2, 0.25) is 0 Å². The number of aryl methyl sites for hydroxylation is 1. The molecule has 0 bridgehead atoms. The largest absolute Gasteiger partial charge is 0.489 e. The topological polar surface area (TPSA) is 45.7 Å². The second kappa shape index (κ2) is 8.44. The molecule has 0 radical (unpaired) electrons. The third-order valence-electron chi connectivity index (χ3n) is 3.15. The average molecular weight is 317 g/mol. The molecule has 1 unspecified atom stereocenters. The number of hydrogen-bond acceptors (Lipinski definition) is 3. The van der Waals surface area contributed by atoms with Gasteiger partial charge in [-0.25, -0.2) is 0 Å². The summed E-state index contributed by atoms with van der Waals surface area (Å²) in [7, 11) is 1.77. The molecule has 0 aliphatic rings. The van der Waals surface area contributed by atoms with Crippen LogP contribution in [0, 0.1) is 6.92 Å². The van der Waals surface area contributed by atoms with Crippen LogP contribution in [0.4, 0.5) is 0 Å². The molecule has 22 heavy (non-hydrogen) atoms. The zero-order chi connectivity index (χ0) is 15.8. The fourth-order valence-corrected chi connectivity index (χ4v) is 2.58. The van der Waals surface area contributed by atoms with E-state index in [0.29, 0.717) is 6.54 Å². The molecule has 0 saturated carbocycles. The molecular formula is C17H23N3OS. The van der Waals surface area contributed by atoms with Gasteiger partial charge >= 0.3 is 0 Å². The first kappa shape index (κ1) is 16.4. The molecule has 1 aromatic heterocycles. The van der Waals surface area contributed by atoms with Crippen LogP contribution in [0.5, 0.6) is 5.75 Å². The van der Waals surface area contributed by atoms with Crippen molar-refractivity contribution in [3.8, 4) is 5.75 Å². The zero-order valence-corrected chi connectivity index (χ0v) is 14.1. The van der Waals surface area contributed by atoms with Crippen molar-refractivity contribution in [3.63, 3.8) is 0 Å². The monoisotopic (exact) mass is 317 g/mol. The molecule has 2 N–H and O–H groups in total. The van der Waals surface area contributed by atoms with Crippen LogP contribution in [0.25, 0.3) is 0 Å². The van der Waals surface area contributed by atoms with Gasteiger partial charge in [-0.1, -0.05) is 23.8 Å². The maximum atomic E-state index is 5.87. The number of benzene rings is 1. The van der Waals surface area contributed by atoms with Crippen molar-refractivity contribution in [1.29, 1.82) is 0 Å². The molecule has 118 valence electrons. The van der Waals surface area contributed by atoms with Gasteiger partial charge in [-0.3, -0.25) is 4.99 Å². The average Bonchev–Trinajstić information content (AvgIpc) is 3.03. The van der Waals surface area contributed by atoms with Crippen molar-refractivity contribution < 1.29 is 4.74 Å². The quantitative estimate of drug-likeness (QED) is 0.635. The van der Waals surface area contributed by atoms with Gasteiger partial charge < -0.3 is 15.4 Å². The fourth-order valence-electron chi connectivity index (χ4n) is 1.94. The van der Waals surface area contributed by atoms with E-state index >= 15 is 0 Å². The first-order valence-electron chi connectivity index (χ1n) is 7.37. The van der Waals surface area contributed by atoms with Crippen molar-refractivity contribution >= 4 is 17.3 Å². The van der Waals surface area contributed by atoms with E-state index in [1.165, 1.54) is 10.4 Å². The second-order valence-corrected chi connectivity index (χ2v) is 6.16. The Morgan fingerprint density at radius 2 is 2.00 bits per heavy atom. The number of nitrogens with zero attached hydrogens (tertiary/aromatic N) is 1. The van der Waals surface area contributed by atoms with Crippen LogP contribution in [0.3, 0.4) is 0 Å². The van der Waals surface area contributed by atoms with Gasteiger partial charge in [0.2, 0.25) is 0 Å². The zero-order valence-electron chi connectivity index (χ0n) is 13.3. The van der Waals surface area contributed by atoms with Crippen molar-refractivity contribution in [1.82, 2.24) is 10.6 Å². The van der Waals surface area contributed by atoms with Gasteiger partial charge in [0.25, 0.3) is 0 Å². The lowest BCUT2D eigenvalue weighted by Crippen LogP contribution is -2.41. The number of nitrogens with one attached hydrogen (secondary N) is 2. The number of ether oxygens (including phenoxy) is 1. The third-order valence-corrected chi connectivity index (χ3v) is 4.03. The van der Waals surface area contributed by atoms with Gasteiger partial charge in [-0.2, -0.15) is 0 Å². The molecule has 0 spiro atoms. The summed E-state index contributed by atoms with van der Waals surface area (Å²) in [6, 6.07) is 12.3. The van der Waals surface area contributed by atoms with E-state index in [2.05, 4.69) is 52.2 Å². The summed E-state index contributed by atoms with van der Waals surface area (Å²) in [5.41, 5.74) is 1.23. The van der Waals surface area contributed by atoms with E-state index in [4.69, 9.17) is 4.74 Å². The van der Waals surface area contributed by atoms with Crippen LogP contribution in [-0.2, 0) is 6.54 Å². The molecule has 1 atom stereocenters. The van der Waals surface area contributed by atoms with Gasteiger partial charge in [-0.05, 0) is 37.4 Å². The molecule has 1 heterocycles. The summed E-state index contributed by atoms with van der Waals surface area (Å²) in [5.74, 6) is 1.68. The molecule has 1 aromatic carbocycles. The van der Waals surface area contributed by atoms with E-state index in [0.717, 1.165) is 18.3 Å². The SMILES string of the molecule is CN=C(NCc1cccs1)NCC(C)Oc1ccc(C)cc1. The number of thiophene rings is 1. The summed E-state index contributed by atoms with van der Waals surface area (Å²) in [4.78, 5) is 5.51. The Morgan fingerprint density at radius 1 is 1.23 bits per heavy atom. The molecule has 4 nitrogen and oxygen atoms in total. The molecule has 0 amide bonds. The van der Waals surface area contributed by atoms with Gasteiger partial charge in [0.15, 0.2) is 5.96 Å². The van der Waals surface area contributed by atoms with Crippen LogP contribution in [-0.4, -0.2) is 25.7 Å². The molecule has 0 aliphatic heterocycles. The maximum absolute atomic E-state index is 5.87. The molecule has 0 fully saturated rings. The molecule has 2 rings (SSSR count). The van der Waals surface area contributed by atoms with Crippen LogP contribution >= 0.6 is 11.3 Å². The Labute approximate surface area is 136 Å². The van der Waals surface area contributed by atoms with E-state index in [9.17, 15) is 0 Å². The first-order chi connectivity index (χ1) is 10.7. The van der Waals surface area contributed by atoms with Crippen molar-refractivity contribution in [3.05, 3.63) is 52.2 Å².